The van der Waals surface area contributed by atoms with E-state index in [2.05, 4.69) is 17.0 Å². The topological polar surface area (TPSA) is 93.5 Å². The van der Waals surface area contributed by atoms with Crippen LogP contribution in [0.3, 0.4) is 0 Å². The second-order valence-corrected chi connectivity index (χ2v) is 8.45. The van der Waals surface area contributed by atoms with Gasteiger partial charge in [0.2, 0.25) is 10.0 Å². The highest BCUT2D eigenvalue weighted by Gasteiger charge is 2.39. The molecule has 0 saturated carbocycles. The zero-order valence-electron chi connectivity index (χ0n) is 15.3. The Hall–Kier alpha value is -1.29. The number of ether oxygens (including phenoxy) is 1. The zero-order chi connectivity index (χ0) is 19.6. The molecule has 1 rings (SSSR count). The van der Waals surface area contributed by atoms with Crippen LogP contribution in [0.15, 0.2) is 24.3 Å². The number of rotatable bonds is 12. The molecular weight excluding hydrogens is 377 g/mol. The third-order valence-electron chi connectivity index (χ3n) is 4.03. The third kappa shape index (κ3) is 7.14. The second kappa shape index (κ2) is 10.8. The molecule has 4 N–H and O–H groups in total. The van der Waals surface area contributed by atoms with Gasteiger partial charge < -0.3 is 15.8 Å². The molecular formula is C17H28FN3O3S2. The lowest BCUT2D eigenvalue weighted by atomic mass is 9.86. The van der Waals surface area contributed by atoms with Crippen molar-refractivity contribution < 1.29 is 17.5 Å². The fourth-order valence-electron chi connectivity index (χ4n) is 2.76. The smallest absolute Gasteiger partial charge is 0.214 e. The van der Waals surface area contributed by atoms with E-state index in [1.165, 1.54) is 13.1 Å². The van der Waals surface area contributed by atoms with E-state index >= 15 is 0 Å². The molecule has 0 radical (unpaired) electrons. The Kier molecular flexibility index (Phi) is 9.42. The quantitative estimate of drug-likeness (QED) is 0.364. The lowest BCUT2D eigenvalue weighted by Gasteiger charge is -2.35. The Morgan fingerprint density at radius 2 is 1.96 bits per heavy atom. The summed E-state index contributed by atoms with van der Waals surface area (Å²) in [5, 5.41) is 2.75. The number of sulfonamides is 1. The van der Waals surface area contributed by atoms with Crippen molar-refractivity contribution in [2.45, 2.75) is 38.1 Å². The lowest BCUT2D eigenvalue weighted by Crippen LogP contribution is -2.54. The highest BCUT2D eigenvalue weighted by atomic mass is 32.2. The van der Waals surface area contributed by atoms with E-state index in [4.69, 9.17) is 22.7 Å². The molecule has 0 aliphatic rings. The fraction of sp³-hybridized carbons (Fsp3) is 0.588. The first-order valence-electron chi connectivity index (χ1n) is 8.58. The van der Waals surface area contributed by atoms with Crippen molar-refractivity contribution in [1.82, 2.24) is 10.0 Å². The number of thiocarbonyl (C=S) groups is 1. The summed E-state index contributed by atoms with van der Waals surface area (Å²) in [5.41, 5.74) is 4.57. The number of benzene rings is 1. The fourth-order valence-corrected chi connectivity index (χ4v) is 4.12. The van der Waals surface area contributed by atoms with Gasteiger partial charge in [-0.15, -0.1) is 0 Å². The minimum absolute atomic E-state index is 0.0912. The summed E-state index contributed by atoms with van der Waals surface area (Å²) in [5.74, 6) is -0.918. The van der Waals surface area contributed by atoms with Crippen molar-refractivity contribution >= 4 is 27.4 Å². The Bertz CT molecular complexity index is 686. The van der Waals surface area contributed by atoms with Gasteiger partial charge in [-0.3, -0.25) is 0 Å². The molecule has 0 aliphatic heterocycles. The first-order chi connectivity index (χ1) is 12.3. The van der Waals surface area contributed by atoms with Crippen LogP contribution in [0.2, 0.25) is 0 Å². The van der Waals surface area contributed by atoms with E-state index in [0.717, 1.165) is 12.8 Å². The second-order valence-electron chi connectivity index (χ2n) is 6.08. The van der Waals surface area contributed by atoms with Gasteiger partial charge in [0, 0.05) is 18.8 Å². The molecule has 0 aliphatic carbocycles. The first kappa shape index (κ1) is 22.8. The van der Waals surface area contributed by atoms with Crippen molar-refractivity contribution in [3.8, 4) is 0 Å². The predicted octanol–water partition coefficient (Wildman–Crippen LogP) is 2.00. The predicted molar refractivity (Wildman–Crippen MR) is 106 cm³/mol. The Balaban J connectivity index is 3.14. The standard InChI is InChI=1S/C17H28FN3O3S2/c1-3-4-11-24-12-7-10-17(21-16(19)25,13-26(22,23)20-2)14-8-5-6-9-15(14)18/h5-6,8-9,20H,3-4,7,10-13H2,1-2H3,(H3,19,21,25). The van der Waals surface area contributed by atoms with Crippen LogP contribution < -0.4 is 15.8 Å². The van der Waals surface area contributed by atoms with E-state index < -0.39 is 27.1 Å². The van der Waals surface area contributed by atoms with Crippen molar-refractivity contribution in [3.05, 3.63) is 35.6 Å². The Morgan fingerprint density at radius 3 is 2.54 bits per heavy atom. The monoisotopic (exact) mass is 405 g/mol. The summed E-state index contributed by atoms with van der Waals surface area (Å²) in [6.45, 7) is 3.15. The number of nitrogens with one attached hydrogen (secondary N) is 2. The highest BCUT2D eigenvalue weighted by Crippen LogP contribution is 2.30. The van der Waals surface area contributed by atoms with Crippen molar-refractivity contribution in [1.29, 1.82) is 0 Å². The molecule has 0 heterocycles. The largest absolute Gasteiger partial charge is 0.381 e. The molecule has 26 heavy (non-hydrogen) atoms. The van der Waals surface area contributed by atoms with Crippen molar-refractivity contribution in [2.75, 3.05) is 26.0 Å². The van der Waals surface area contributed by atoms with Crippen LogP contribution in [-0.2, 0) is 20.3 Å². The highest BCUT2D eigenvalue weighted by molar-refractivity contribution is 7.89. The number of hydrogen-bond donors (Lipinski definition) is 3. The van der Waals surface area contributed by atoms with Crippen LogP contribution >= 0.6 is 12.2 Å². The zero-order valence-corrected chi connectivity index (χ0v) is 16.9. The first-order valence-corrected chi connectivity index (χ1v) is 10.6. The van der Waals surface area contributed by atoms with Crippen LogP contribution in [0.5, 0.6) is 0 Å². The van der Waals surface area contributed by atoms with Crippen LogP contribution in [0.4, 0.5) is 4.39 Å². The van der Waals surface area contributed by atoms with Crippen molar-refractivity contribution in [2.24, 2.45) is 5.73 Å². The molecule has 0 aromatic heterocycles. The number of hydrogen-bond acceptors (Lipinski definition) is 4. The van der Waals surface area contributed by atoms with Gasteiger partial charge in [0.05, 0.1) is 11.3 Å². The van der Waals surface area contributed by atoms with Crippen LogP contribution in [0.25, 0.3) is 0 Å². The van der Waals surface area contributed by atoms with Gasteiger partial charge in [-0.2, -0.15) is 0 Å². The van der Waals surface area contributed by atoms with Crippen LogP contribution in [0, 0.1) is 5.82 Å². The Morgan fingerprint density at radius 1 is 1.31 bits per heavy atom. The van der Waals surface area contributed by atoms with Crippen molar-refractivity contribution in [3.63, 3.8) is 0 Å². The maximum absolute atomic E-state index is 14.5. The van der Waals surface area contributed by atoms with Gasteiger partial charge in [0.25, 0.3) is 0 Å². The van der Waals surface area contributed by atoms with Gasteiger partial charge in [-0.1, -0.05) is 31.5 Å². The molecule has 1 aromatic carbocycles. The summed E-state index contributed by atoms with van der Waals surface area (Å²) in [4.78, 5) is 0. The third-order valence-corrected chi connectivity index (χ3v) is 5.63. The SMILES string of the molecule is CCCCOCCCC(CS(=O)(=O)NC)(NC(N)=S)c1ccccc1F. The average Bonchev–Trinajstić information content (AvgIpc) is 2.57. The minimum atomic E-state index is -3.67. The minimum Gasteiger partial charge on any atom is -0.381 e. The molecule has 0 spiro atoms. The molecule has 0 saturated heterocycles. The molecule has 0 bridgehead atoms. The van der Waals surface area contributed by atoms with E-state index in [-0.39, 0.29) is 17.1 Å². The molecule has 0 amide bonds. The number of nitrogens with two attached hydrogens (primary N) is 1. The maximum Gasteiger partial charge on any atom is 0.214 e. The summed E-state index contributed by atoms with van der Waals surface area (Å²) in [6, 6.07) is 6.03. The van der Waals surface area contributed by atoms with Gasteiger partial charge in [-0.05, 0) is 44.6 Å². The maximum atomic E-state index is 14.5. The summed E-state index contributed by atoms with van der Waals surface area (Å²) in [6.07, 6.45) is 2.80. The molecule has 1 aromatic rings. The average molecular weight is 406 g/mol. The van der Waals surface area contributed by atoms with Gasteiger partial charge in [0.1, 0.15) is 5.82 Å². The molecule has 9 heteroatoms. The number of halogens is 1. The van der Waals surface area contributed by atoms with Gasteiger partial charge in [-0.25, -0.2) is 17.5 Å². The van der Waals surface area contributed by atoms with Gasteiger partial charge >= 0.3 is 0 Å². The van der Waals surface area contributed by atoms with Crippen LogP contribution in [0.1, 0.15) is 38.2 Å². The molecule has 0 fully saturated rings. The molecule has 1 atom stereocenters. The van der Waals surface area contributed by atoms with E-state index in [1.54, 1.807) is 18.2 Å². The normalized spacial score (nSPS) is 14.0. The van der Waals surface area contributed by atoms with E-state index in [9.17, 15) is 12.8 Å². The van der Waals surface area contributed by atoms with E-state index in [0.29, 0.717) is 19.6 Å². The summed E-state index contributed by atoms with van der Waals surface area (Å²) in [7, 11) is -2.36. The lowest BCUT2D eigenvalue weighted by molar-refractivity contribution is 0.121. The van der Waals surface area contributed by atoms with Gasteiger partial charge in [0.15, 0.2) is 5.11 Å². The Labute approximate surface area is 160 Å². The van der Waals surface area contributed by atoms with E-state index in [1.807, 2.05) is 0 Å². The molecule has 148 valence electrons. The van der Waals surface area contributed by atoms with Crippen LogP contribution in [-0.4, -0.2) is 39.5 Å². The summed E-state index contributed by atoms with van der Waals surface area (Å²) < 4.78 is 46.9. The number of unbranched alkanes of at least 4 members (excludes halogenated alkanes) is 1. The molecule has 6 nitrogen and oxygen atoms in total. The molecule has 1 unspecified atom stereocenters. The summed E-state index contributed by atoms with van der Waals surface area (Å²) >= 11 is 4.95.